The fourth-order valence-electron chi connectivity index (χ4n) is 2.74. The van der Waals surface area contributed by atoms with E-state index in [4.69, 9.17) is 5.11 Å². The maximum absolute atomic E-state index is 8.91. The molecule has 0 aromatic heterocycles. The van der Waals surface area contributed by atoms with E-state index in [2.05, 4.69) is 40.5 Å². The van der Waals surface area contributed by atoms with Crippen LogP contribution in [-0.4, -0.2) is 49.3 Å². The molecule has 0 spiro atoms. The van der Waals surface area contributed by atoms with Crippen molar-refractivity contribution in [2.45, 2.75) is 19.3 Å². The predicted octanol–water partition coefficient (Wildman–Crippen LogP) is 1.52. The molecule has 3 nitrogen and oxygen atoms in total. The highest BCUT2D eigenvalue weighted by atomic mass is 16.3. The van der Waals surface area contributed by atoms with Crippen LogP contribution in [0.4, 0.5) is 0 Å². The lowest BCUT2D eigenvalue weighted by molar-refractivity contribution is 0.147. The van der Waals surface area contributed by atoms with E-state index in [1.165, 1.54) is 18.4 Å². The van der Waals surface area contributed by atoms with Gasteiger partial charge in [0.1, 0.15) is 0 Å². The van der Waals surface area contributed by atoms with E-state index in [1.54, 1.807) is 0 Å². The first-order valence-electron chi connectivity index (χ1n) is 7.46. The number of aliphatic hydroxyl groups is 1. The second-order valence-electron chi connectivity index (χ2n) is 5.45. The first kappa shape index (κ1) is 14.5. The molecule has 0 atom stereocenters. The van der Waals surface area contributed by atoms with Gasteiger partial charge in [0.05, 0.1) is 6.61 Å². The van der Waals surface area contributed by atoms with Gasteiger partial charge in [-0.2, -0.15) is 0 Å². The molecule has 3 heteroatoms. The van der Waals surface area contributed by atoms with E-state index >= 15 is 0 Å². The monoisotopic (exact) mass is 262 g/mol. The summed E-state index contributed by atoms with van der Waals surface area (Å²) in [5.41, 5.74) is 1.41. The number of hydrogen-bond donors (Lipinski definition) is 2. The van der Waals surface area contributed by atoms with Crippen LogP contribution in [0.15, 0.2) is 30.3 Å². The van der Waals surface area contributed by atoms with E-state index in [9.17, 15) is 0 Å². The van der Waals surface area contributed by atoms with Crippen LogP contribution in [0.25, 0.3) is 0 Å². The van der Waals surface area contributed by atoms with E-state index < -0.39 is 0 Å². The van der Waals surface area contributed by atoms with Crippen LogP contribution in [0.3, 0.4) is 0 Å². The molecule has 2 N–H and O–H groups in total. The number of nitrogens with one attached hydrogen (secondary N) is 1. The van der Waals surface area contributed by atoms with E-state index in [0.717, 1.165) is 45.1 Å². The summed E-state index contributed by atoms with van der Waals surface area (Å²) in [6, 6.07) is 10.7. The van der Waals surface area contributed by atoms with E-state index in [0.29, 0.717) is 6.61 Å². The molecule has 0 aliphatic carbocycles. The number of nitrogens with zero attached hydrogens (tertiary/aromatic N) is 1. The molecule has 0 unspecified atom stereocenters. The Hall–Kier alpha value is -0.900. The molecule has 0 amide bonds. The average molecular weight is 262 g/mol. The Bertz CT molecular complexity index is 334. The van der Waals surface area contributed by atoms with Crippen LogP contribution in [0.1, 0.15) is 18.4 Å². The predicted molar refractivity (Wildman–Crippen MR) is 79.3 cm³/mol. The maximum Gasteiger partial charge on any atom is 0.0558 e. The highest BCUT2D eigenvalue weighted by Gasteiger charge is 2.17. The minimum absolute atomic E-state index is 0.292. The van der Waals surface area contributed by atoms with Gasteiger partial charge in [-0.05, 0) is 56.9 Å². The highest BCUT2D eigenvalue weighted by Crippen LogP contribution is 2.15. The number of aliphatic hydroxyl groups excluding tert-OH is 1. The summed E-state index contributed by atoms with van der Waals surface area (Å²) in [7, 11) is 0. The standard InChI is InChI=1S/C16H26N2O/c19-13-12-18-10-7-16(8-11-18)14-17-9-6-15-4-2-1-3-5-15/h1-5,16-17,19H,6-14H2. The minimum Gasteiger partial charge on any atom is -0.395 e. The summed E-state index contributed by atoms with van der Waals surface area (Å²) < 4.78 is 0. The summed E-state index contributed by atoms with van der Waals surface area (Å²) in [6.07, 6.45) is 3.64. The van der Waals surface area contributed by atoms with Gasteiger partial charge in [-0.1, -0.05) is 30.3 Å². The van der Waals surface area contributed by atoms with E-state index in [1.807, 2.05) is 0 Å². The van der Waals surface area contributed by atoms with Crippen LogP contribution < -0.4 is 5.32 Å². The van der Waals surface area contributed by atoms with Gasteiger partial charge >= 0.3 is 0 Å². The highest BCUT2D eigenvalue weighted by molar-refractivity contribution is 5.14. The average Bonchev–Trinajstić information content (AvgIpc) is 2.47. The fraction of sp³-hybridized carbons (Fsp3) is 0.625. The van der Waals surface area contributed by atoms with Crippen molar-refractivity contribution >= 4 is 0 Å². The summed E-state index contributed by atoms with van der Waals surface area (Å²) in [5.74, 6) is 0.811. The Morgan fingerprint density at radius 3 is 2.58 bits per heavy atom. The van der Waals surface area contributed by atoms with Gasteiger partial charge in [-0.15, -0.1) is 0 Å². The first-order chi connectivity index (χ1) is 9.38. The number of benzene rings is 1. The molecular weight excluding hydrogens is 236 g/mol. The molecule has 1 heterocycles. The van der Waals surface area contributed by atoms with Crippen molar-refractivity contribution in [1.29, 1.82) is 0 Å². The lowest BCUT2D eigenvalue weighted by Crippen LogP contribution is -2.38. The Balaban J connectivity index is 1.55. The van der Waals surface area contributed by atoms with Crippen LogP contribution in [-0.2, 0) is 6.42 Å². The molecule has 19 heavy (non-hydrogen) atoms. The molecule has 1 saturated heterocycles. The summed E-state index contributed by atoms with van der Waals surface area (Å²) >= 11 is 0. The Morgan fingerprint density at radius 2 is 1.89 bits per heavy atom. The second-order valence-corrected chi connectivity index (χ2v) is 5.45. The first-order valence-corrected chi connectivity index (χ1v) is 7.46. The number of β-amino-alcohol motifs (C(OH)–C–C–N with tert-alkyl or cyclic N) is 1. The molecular formula is C16H26N2O. The van der Waals surface area contributed by atoms with Crippen molar-refractivity contribution in [3.05, 3.63) is 35.9 Å². The number of hydrogen-bond acceptors (Lipinski definition) is 3. The zero-order valence-electron chi connectivity index (χ0n) is 11.7. The summed E-state index contributed by atoms with van der Waals surface area (Å²) in [5, 5.41) is 12.5. The van der Waals surface area contributed by atoms with Gasteiger partial charge in [0.2, 0.25) is 0 Å². The molecule has 0 radical (unpaired) electrons. The second kappa shape index (κ2) is 8.31. The molecule has 1 aliphatic heterocycles. The Labute approximate surface area is 116 Å². The van der Waals surface area contributed by atoms with E-state index in [-0.39, 0.29) is 0 Å². The van der Waals surface area contributed by atoms with Crippen LogP contribution in [0, 0.1) is 5.92 Å². The van der Waals surface area contributed by atoms with Crippen molar-refractivity contribution in [1.82, 2.24) is 10.2 Å². The van der Waals surface area contributed by atoms with Crippen LogP contribution in [0.5, 0.6) is 0 Å². The van der Waals surface area contributed by atoms with Crippen molar-refractivity contribution in [3.63, 3.8) is 0 Å². The number of piperidine rings is 1. The Morgan fingerprint density at radius 1 is 1.16 bits per heavy atom. The SMILES string of the molecule is OCCN1CCC(CNCCc2ccccc2)CC1. The minimum atomic E-state index is 0.292. The third-order valence-electron chi connectivity index (χ3n) is 3.99. The third-order valence-corrected chi connectivity index (χ3v) is 3.99. The lowest BCUT2D eigenvalue weighted by atomic mass is 9.97. The van der Waals surface area contributed by atoms with Crippen LogP contribution >= 0.6 is 0 Å². The molecule has 1 aliphatic rings. The zero-order chi connectivity index (χ0) is 13.3. The molecule has 1 fully saturated rings. The largest absolute Gasteiger partial charge is 0.395 e. The zero-order valence-corrected chi connectivity index (χ0v) is 11.7. The van der Waals surface area contributed by atoms with Gasteiger partial charge in [-0.25, -0.2) is 0 Å². The molecule has 2 rings (SSSR count). The third kappa shape index (κ3) is 5.31. The normalized spacial score (nSPS) is 17.7. The molecule has 0 bridgehead atoms. The fourth-order valence-corrected chi connectivity index (χ4v) is 2.74. The number of likely N-dealkylation sites (tertiary alicyclic amines) is 1. The van der Waals surface area contributed by atoms with Gasteiger partial charge in [0.25, 0.3) is 0 Å². The lowest BCUT2D eigenvalue weighted by Gasteiger charge is -2.31. The van der Waals surface area contributed by atoms with Crippen molar-refractivity contribution in [3.8, 4) is 0 Å². The number of rotatable bonds is 7. The topological polar surface area (TPSA) is 35.5 Å². The van der Waals surface area contributed by atoms with Crippen molar-refractivity contribution in [2.24, 2.45) is 5.92 Å². The molecule has 1 aromatic carbocycles. The summed E-state index contributed by atoms with van der Waals surface area (Å²) in [4.78, 5) is 2.36. The smallest absolute Gasteiger partial charge is 0.0558 e. The van der Waals surface area contributed by atoms with Gasteiger partial charge in [-0.3, -0.25) is 0 Å². The quantitative estimate of drug-likeness (QED) is 0.731. The van der Waals surface area contributed by atoms with Gasteiger partial charge in [0.15, 0.2) is 0 Å². The molecule has 106 valence electrons. The summed E-state index contributed by atoms with van der Waals surface area (Å²) in [6.45, 7) is 5.63. The molecule has 1 aromatic rings. The molecule has 0 saturated carbocycles. The maximum atomic E-state index is 8.91. The van der Waals surface area contributed by atoms with Crippen molar-refractivity contribution in [2.75, 3.05) is 39.3 Å². The van der Waals surface area contributed by atoms with Crippen molar-refractivity contribution < 1.29 is 5.11 Å². The Kier molecular flexibility index (Phi) is 6.34. The van der Waals surface area contributed by atoms with Crippen LogP contribution in [0.2, 0.25) is 0 Å². The van der Waals surface area contributed by atoms with Gasteiger partial charge in [0, 0.05) is 6.54 Å². The van der Waals surface area contributed by atoms with Gasteiger partial charge < -0.3 is 15.3 Å².